The SMILES string of the molecule is CCNC(=NCc1ccc(N(C)C)c(F)c1)NCCc1cccs1. The fourth-order valence-electron chi connectivity index (χ4n) is 2.28. The lowest BCUT2D eigenvalue weighted by atomic mass is 10.2. The average Bonchev–Trinajstić information content (AvgIpc) is 3.05. The van der Waals surface area contributed by atoms with Gasteiger partial charge in [-0.05, 0) is 42.5 Å². The molecule has 1 heterocycles. The molecule has 4 nitrogen and oxygen atoms in total. The second-order valence-corrected chi connectivity index (χ2v) is 6.66. The maximum absolute atomic E-state index is 14.0. The van der Waals surface area contributed by atoms with Crippen molar-refractivity contribution in [3.63, 3.8) is 0 Å². The molecule has 1 aromatic heterocycles. The summed E-state index contributed by atoms with van der Waals surface area (Å²) in [6.45, 7) is 4.08. The first kappa shape index (κ1) is 18.3. The van der Waals surface area contributed by atoms with Gasteiger partial charge in [-0.3, -0.25) is 0 Å². The fourth-order valence-corrected chi connectivity index (χ4v) is 2.99. The van der Waals surface area contributed by atoms with E-state index in [4.69, 9.17) is 0 Å². The fraction of sp³-hybridized carbons (Fsp3) is 0.389. The lowest BCUT2D eigenvalue weighted by molar-refractivity contribution is 0.624. The van der Waals surface area contributed by atoms with Crippen LogP contribution in [0.2, 0.25) is 0 Å². The lowest BCUT2D eigenvalue weighted by Crippen LogP contribution is -2.38. The summed E-state index contributed by atoms with van der Waals surface area (Å²) in [4.78, 5) is 7.65. The standard InChI is InChI=1S/C18H25FN4S/c1-4-20-18(21-10-9-15-6-5-11-24-15)22-13-14-7-8-17(23(2)3)16(19)12-14/h5-8,11-12H,4,9-10,13H2,1-3H3,(H2,20,21,22). The van der Waals surface area contributed by atoms with Crippen LogP contribution in [0.4, 0.5) is 10.1 Å². The number of hydrogen-bond donors (Lipinski definition) is 2. The normalized spacial score (nSPS) is 11.4. The third-order valence-electron chi connectivity index (χ3n) is 3.50. The van der Waals surface area contributed by atoms with Crippen molar-refractivity contribution >= 4 is 23.0 Å². The number of guanidine groups is 1. The maximum Gasteiger partial charge on any atom is 0.191 e. The summed E-state index contributed by atoms with van der Waals surface area (Å²) in [5.41, 5.74) is 1.44. The van der Waals surface area contributed by atoms with Crippen molar-refractivity contribution < 1.29 is 4.39 Å². The van der Waals surface area contributed by atoms with Crippen LogP contribution >= 0.6 is 11.3 Å². The van der Waals surface area contributed by atoms with Crippen LogP contribution < -0.4 is 15.5 Å². The van der Waals surface area contributed by atoms with Gasteiger partial charge in [-0.25, -0.2) is 9.38 Å². The highest BCUT2D eigenvalue weighted by Crippen LogP contribution is 2.18. The van der Waals surface area contributed by atoms with Crippen LogP contribution in [0.15, 0.2) is 40.7 Å². The average molecular weight is 348 g/mol. The minimum atomic E-state index is -0.219. The molecular formula is C18H25FN4S. The van der Waals surface area contributed by atoms with Crippen LogP contribution in [0.25, 0.3) is 0 Å². The molecule has 2 aromatic rings. The number of nitrogens with zero attached hydrogens (tertiary/aromatic N) is 2. The highest BCUT2D eigenvalue weighted by molar-refractivity contribution is 7.09. The van der Waals surface area contributed by atoms with Crippen LogP contribution in [0, 0.1) is 5.82 Å². The van der Waals surface area contributed by atoms with Gasteiger partial charge in [0.2, 0.25) is 0 Å². The van der Waals surface area contributed by atoms with Crippen LogP contribution in [-0.2, 0) is 13.0 Å². The van der Waals surface area contributed by atoms with Gasteiger partial charge >= 0.3 is 0 Å². The third-order valence-corrected chi connectivity index (χ3v) is 4.44. The molecule has 0 atom stereocenters. The molecule has 6 heteroatoms. The Labute approximate surface area is 147 Å². The first-order valence-electron chi connectivity index (χ1n) is 8.10. The summed E-state index contributed by atoms with van der Waals surface area (Å²) in [5, 5.41) is 8.62. The molecule has 2 rings (SSSR count). The van der Waals surface area contributed by atoms with Crippen LogP contribution in [-0.4, -0.2) is 33.1 Å². The number of halogens is 1. The molecule has 2 N–H and O–H groups in total. The summed E-state index contributed by atoms with van der Waals surface area (Å²) < 4.78 is 14.0. The van der Waals surface area contributed by atoms with Crippen LogP contribution in [0.3, 0.4) is 0 Å². The Bertz CT molecular complexity index is 653. The van der Waals surface area contributed by atoms with E-state index in [0.717, 1.165) is 31.0 Å². The van der Waals surface area contributed by atoms with Crippen LogP contribution in [0.5, 0.6) is 0 Å². The molecule has 0 saturated carbocycles. The Morgan fingerprint density at radius 2 is 2.08 bits per heavy atom. The lowest BCUT2D eigenvalue weighted by Gasteiger charge is -2.14. The van der Waals surface area contributed by atoms with Gasteiger partial charge in [-0.1, -0.05) is 12.1 Å². The Morgan fingerprint density at radius 3 is 2.71 bits per heavy atom. The number of benzene rings is 1. The molecule has 24 heavy (non-hydrogen) atoms. The van der Waals surface area contributed by atoms with Gasteiger partial charge < -0.3 is 15.5 Å². The van der Waals surface area contributed by atoms with Crippen molar-refractivity contribution in [2.75, 3.05) is 32.1 Å². The predicted octanol–water partition coefficient (Wildman–Crippen LogP) is 3.25. The molecule has 0 aliphatic carbocycles. The molecule has 0 saturated heterocycles. The Hall–Kier alpha value is -2.08. The number of nitrogens with one attached hydrogen (secondary N) is 2. The summed E-state index contributed by atoms with van der Waals surface area (Å²) in [5.74, 6) is 0.537. The molecule has 0 spiro atoms. The molecule has 130 valence electrons. The van der Waals surface area contributed by atoms with E-state index >= 15 is 0 Å². The van der Waals surface area contributed by atoms with Gasteiger partial charge in [0.15, 0.2) is 5.96 Å². The molecule has 0 fully saturated rings. The first-order valence-corrected chi connectivity index (χ1v) is 8.98. The molecule has 0 amide bonds. The van der Waals surface area contributed by atoms with E-state index in [1.54, 1.807) is 28.4 Å². The zero-order chi connectivity index (χ0) is 17.4. The highest BCUT2D eigenvalue weighted by Gasteiger charge is 2.05. The largest absolute Gasteiger partial charge is 0.375 e. The second kappa shape index (κ2) is 9.27. The second-order valence-electron chi connectivity index (χ2n) is 5.63. The van der Waals surface area contributed by atoms with E-state index in [-0.39, 0.29) is 5.82 Å². The van der Waals surface area contributed by atoms with E-state index in [2.05, 4.69) is 33.1 Å². The van der Waals surface area contributed by atoms with Gasteiger partial charge in [0.1, 0.15) is 5.82 Å². The Morgan fingerprint density at radius 1 is 1.25 bits per heavy atom. The topological polar surface area (TPSA) is 39.7 Å². The number of anilines is 1. The number of thiophene rings is 1. The number of aliphatic imine (C=N–C) groups is 1. The summed E-state index contributed by atoms with van der Waals surface area (Å²) in [7, 11) is 3.66. The minimum absolute atomic E-state index is 0.219. The quantitative estimate of drug-likeness (QED) is 0.596. The Kier molecular flexibility index (Phi) is 7.06. The zero-order valence-corrected chi connectivity index (χ0v) is 15.3. The van der Waals surface area contributed by atoms with Gasteiger partial charge in [0.25, 0.3) is 0 Å². The maximum atomic E-state index is 14.0. The Balaban J connectivity index is 1.93. The number of rotatable bonds is 7. The van der Waals surface area contributed by atoms with Crippen molar-refractivity contribution in [2.24, 2.45) is 4.99 Å². The van der Waals surface area contributed by atoms with Crippen molar-refractivity contribution in [2.45, 2.75) is 19.9 Å². The van der Waals surface area contributed by atoms with Crippen molar-refractivity contribution in [1.82, 2.24) is 10.6 Å². The highest BCUT2D eigenvalue weighted by atomic mass is 32.1. The third kappa shape index (κ3) is 5.53. The van der Waals surface area contributed by atoms with Gasteiger partial charge in [-0.15, -0.1) is 11.3 Å². The molecule has 1 aromatic carbocycles. The van der Waals surface area contributed by atoms with Crippen molar-refractivity contribution in [3.8, 4) is 0 Å². The molecule has 0 aliphatic rings. The molecule has 0 unspecified atom stereocenters. The van der Waals surface area contributed by atoms with Gasteiger partial charge in [-0.2, -0.15) is 0 Å². The van der Waals surface area contributed by atoms with Crippen molar-refractivity contribution in [1.29, 1.82) is 0 Å². The van der Waals surface area contributed by atoms with E-state index in [1.807, 2.05) is 27.1 Å². The monoisotopic (exact) mass is 348 g/mol. The van der Waals surface area contributed by atoms with Gasteiger partial charge in [0, 0.05) is 32.1 Å². The summed E-state index contributed by atoms with van der Waals surface area (Å²) in [6.07, 6.45) is 0.967. The van der Waals surface area contributed by atoms with Gasteiger partial charge in [0.05, 0.1) is 12.2 Å². The van der Waals surface area contributed by atoms with E-state index in [9.17, 15) is 4.39 Å². The van der Waals surface area contributed by atoms with Crippen LogP contribution in [0.1, 0.15) is 17.4 Å². The molecule has 0 bridgehead atoms. The molecule has 0 radical (unpaired) electrons. The summed E-state index contributed by atoms with van der Waals surface area (Å²) >= 11 is 1.76. The zero-order valence-electron chi connectivity index (χ0n) is 14.5. The predicted molar refractivity (Wildman–Crippen MR) is 102 cm³/mol. The van der Waals surface area contributed by atoms with E-state index < -0.39 is 0 Å². The molecular weight excluding hydrogens is 323 g/mol. The smallest absolute Gasteiger partial charge is 0.191 e. The molecule has 0 aliphatic heterocycles. The van der Waals surface area contributed by atoms with E-state index in [0.29, 0.717) is 12.2 Å². The minimum Gasteiger partial charge on any atom is -0.375 e. The number of hydrogen-bond acceptors (Lipinski definition) is 3. The summed E-state index contributed by atoms with van der Waals surface area (Å²) in [6, 6.07) is 9.44. The first-order chi connectivity index (χ1) is 11.6. The van der Waals surface area contributed by atoms with Crippen molar-refractivity contribution in [3.05, 3.63) is 52.0 Å². The van der Waals surface area contributed by atoms with E-state index in [1.165, 1.54) is 4.88 Å².